The van der Waals surface area contributed by atoms with Crippen LogP contribution in [-0.4, -0.2) is 26.6 Å². The molecule has 0 radical (unpaired) electrons. The molecule has 0 unspecified atom stereocenters. The van der Waals surface area contributed by atoms with Crippen LogP contribution in [0.25, 0.3) is 0 Å². The maximum absolute atomic E-state index is 12.2. The van der Waals surface area contributed by atoms with E-state index in [-0.39, 0.29) is 12.4 Å². The van der Waals surface area contributed by atoms with Gasteiger partial charge in [0, 0.05) is 5.56 Å². The highest BCUT2D eigenvalue weighted by molar-refractivity contribution is 9.10. The molecule has 0 heterocycles. The molecule has 0 atom stereocenters. The lowest BCUT2D eigenvalue weighted by molar-refractivity contribution is 0.0920. The van der Waals surface area contributed by atoms with E-state index in [1.54, 1.807) is 31.4 Å². The predicted octanol–water partition coefficient (Wildman–Crippen LogP) is 3.73. The van der Waals surface area contributed by atoms with Crippen LogP contribution in [0.3, 0.4) is 0 Å². The number of para-hydroxylation sites is 1. The number of halogens is 1. The minimum absolute atomic E-state index is 0.0436. The van der Waals surface area contributed by atoms with Crippen molar-refractivity contribution in [3.8, 4) is 17.2 Å². The Morgan fingerprint density at radius 2 is 1.71 bits per heavy atom. The third kappa shape index (κ3) is 3.76. The third-order valence-electron chi connectivity index (χ3n) is 2.90. The second kappa shape index (κ2) is 7.13. The largest absolute Gasteiger partial charge is 0.493 e. The van der Waals surface area contributed by atoms with Crippen molar-refractivity contribution in [2.75, 3.05) is 20.8 Å². The van der Waals surface area contributed by atoms with Crippen LogP contribution in [0.5, 0.6) is 17.2 Å². The van der Waals surface area contributed by atoms with Crippen molar-refractivity contribution in [2.45, 2.75) is 0 Å². The molecule has 0 aliphatic heterocycles. The van der Waals surface area contributed by atoms with Crippen molar-refractivity contribution in [1.82, 2.24) is 0 Å². The summed E-state index contributed by atoms with van der Waals surface area (Å²) in [5, 5.41) is 0. The molecule has 4 nitrogen and oxygen atoms in total. The number of ether oxygens (including phenoxy) is 3. The molecule has 0 amide bonds. The number of benzene rings is 2. The zero-order valence-electron chi connectivity index (χ0n) is 11.8. The Morgan fingerprint density at radius 3 is 2.38 bits per heavy atom. The first-order valence-electron chi connectivity index (χ1n) is 6.28. The second-order valence-corrected chi connectivity index (χ2v) is 5.07. The molecule has 0 saturated carbocycles. The normalized spacial score (nSPS) is 10.0. The summed E-state index contributed by atoms with van der Waals surface area (Å²) in [5.74, 6) is 1.60. The summed E-state index contributed by atoms with van der Waals surface area (Å²) in [4.78, 5) is 12.2. The van der Waals surface area contributed by atoms with E-state index in [2.05, 4.69) is 15.9 Å². The second-order valence-electron chi connectivity index (χ2n) is 4.21. The summed E-state index contributed by atoms with van der Waals surface area (Å²) >= 11 is 3.37. The van der Waals surface area contributed by atoms with Gasteiger partial charge in [-0.1, -0.05) is 12.1 Å². The van der Waals surface area contributed by atoms with Crippen molar-refractivity contribution in [1.29, 1.82) is 0 Å². The minimum atomic E-state index is -0.133. The minimum Gasteiger partial charge on any atom is -0.493 e. The molecule has 0 spiro atoms. The third-order valence-corrected chi connectivity index (χ3v) is 3.56. The van der Waals surface area contributed by atoms with Gasteiger partial charge in [0.1, 0.15) is 5.75 Å². The molecule has 2 aromatic carbocycles. The van der Waals surface area contributed by atoms with Crippen LogP contribution in [0, 0.1) is 0 Å². The molecule has 0 aromatic heterocycles. The number of ketones is 1. The Balaban J connectivity index is 2.09. The summed E-state index contributed by atoms with van der Waals surface area (Å²) in [6, 6.07) is 12.4. The van der Waals surface area contributed by atoms with Crippen LogP contribution < -0.4 is 14.2 Å². The Kier molecular flexibility index (Phi) is 5.22. The number of hydrogen-bond acceptors (Lipinski definition) is 4. The van der Waals surface area contributed by atoms with Gasteiger partial charge in [0.05, 0.1) is 18.7 Å². The van der Waals surface area contributed by atoms with Crippen molar-refractivity contribution in [3.63, 3.8) is 0 Å². The van der Waals surface area contributed by atoms with Crippen LogP contribution in [0.1, 0.15) is 10.4 Å². The quantitative estimate of drug-likeness (QED) is 0.744. The Bertz CT molecular complexity index is 640. The van der Waals surface area contributed by atoms with E-state index in [4.69, 9.17) is 14.2 Å². The van der Waals surface area contributed by atoms with Crippen molar-refractivity contribution >= 4 is 21.7 Å². The van der Waals surface area contributed by atoms with E-state index >= 15 is 0 Å². The molecule has 0 N–H and O–H groups in total. The van der Waals surface area contributed by atoms with Gasteiger partial charge in [0.25, 0.3) is 0 Å². The molecule has 2 aromatic rings. The highest BCUT2D eigenvalue weighted by Crippen LogP contribution is 2.28. The van der Waals surface area contributed by atoms with Crippen LogP contribution in [-0.2, 0) is 0 Å². The van der Waals surface area contributed by atoms with Crippen LogP contribution in [0.4, 0.5) is 0 Å². The summed E-state index contributed by atoms with van der Waals surface area (Å²) in [7, 11) is 3.08. The Morgan fingerprint density at radius 1 is 1.00 bits per heavy atom. The number of carbonyl (C=O) groups is 1. The van der Waals surface area contributed by atoms with Crippen molar-refractivity contribution in [2.24, 2.45) is 0 Å². The van der Waals surface area contributed by atoms with E-state index in [9.17, 15) is 4.79 Å². The van der Waals surface area contributed by atoms with Crippen LogP contribution >= 0.6 is 15.9 Å². The molecule has 0 bridgehead atoms. The molecule has 110 valence electrons. The number of hydrogen-bond donors (Lipinski definition) is 0. The van der Waals surface area contributed by atoms with Crippen LogP contribution in [0.15, 0.2) is 46.9 Å². The van der Waals surface area contributed by atoms with Gasteiger partial charge in [0.15, 0.2) is 23.9 Å². The molecule has 2 rings (SSSR count). The monoisotopic (exact) mass is 350 g/mol. The SMILES string of the molecule is COc1ccc(C(=O)COc2ccccc2Br)cc1OC. The maximum atomic E-state index is 12.2. The first kappa shape index (κ1) is 15.4. The molecular formula is C16H15BrO4. The van der Waals surface area contributed by atoms with E-state index < -0.39 is 0 Å². The summed E-state index contributed by atoms with van der Waals surface area (Å²) in [5.41, 5.74) is 0.514. The van der Waals surface area contributed by atoms with Gasteiger partial charge in [0.2, 0.25) is 0 Å². The number of rotatable bonds is 6. The van der Waals surface area contributed by atoms with Gasteiger partial charge in [-0.25, -0.2) is 0 Å². The summed E-state index contributed by atoms with van der Waals surface area (Å²) in [6.45, 7) is -0.0436. The first-order valence-corrected chi connectivity index (χ1v) is 7.07. The van der Waals surface area contributed by atoms with Crippen LogP contribution in [0.2, 0.25) is 0 Å². The lowest BCUT2D eigenvalue weighted by atomic mass is 10.1. The zero-order chi connectivity index (χ0) is 15.2. The number of carbonyl (C=O) groups excluding carboxylic acids is 1. The molecule has 0 saturated heterocycles. The number of Topliss-reactive ketones (excluding diaryl/α,β-unsaturated/α-hetero) is 1. The predicted molar refractivity (Wildman–Crippen MR) is 83.5 cm³/mol. The zero-order valence-corrected chi connectivity index (χ0v) is 13.3. The molecule has 0 aliphatic carbocycles. The van der Waals surface area contributed by atoms with Gasteiger partial charge in [-0.2, -0.15) is 0 Å². The van der Waals surface area contributed by atoms with Gasteiger partial charge < -0.3 is 14.2 Å². The maximum Gasteiger partial charge on any atom is 0.200 e. The fraction of sp³-hybridized carbons (Fsp3) is 0.188. The van der Waals surface area contributed by atoms with Gasteiger partial charge in [-0.15, -0.1) is 0 Å². The number of methoxy groups -OCH3 is 2. The summed E-state index contributed by atoms with van der Waals surface area (Å²) in [6.07, 6.45) is 0. The van der Waals surface area contributed by atoms with Gasteiger partial charge >= 0.3 is 0 Å². The van der Waals surface area contributed by atoms with Crippen molar-refractivity contribution in [3.05, 3.63) is 52.5 Å². The van der Waals surface area contributed by atoms with Gasteiger partial charge in [-0.05, 0) is 46.3 Å². The smallest absolute Gasteiger partial charge is 0.200 e. The fourth-order valence-corrected chi connectivity index (χ4v) is 2.20. The first-order chi connectivity index (χ1) is 10.2. The molecule has 5 heteroatoms. The highest BCUT2D eigenvalue weighted by atomic mass is 79.9. The lowest BCUT2D eigenvalue weighted by Gasteiger charge is -2.10. The topological polar surface area (TPSA) is 44.8 Å². The van der Waals surface area contributed by atoms with E-state index in [0.717, 1.165) is 4.47 Å². The molecular weight excluding hydrogens is 336 g/mol. The molecule has 21 heavy (non-hydrogen) atoms. The lowest BCUT2D eigenvalue weighted by Crippen LogP contribution is -2.12. The molecule has 0 aliphatic rings. The Hall–Kier alpha value is -2.01. The van der Waals surface area contributed by atoms with E-state index in [1.165, 1.54) is 7.11 Å². The van der Waals surface area contributed by atoms with E-state index in [0.29, 0.717) is 22.8 Å². The average Bonchev–Trinajstić information content (AvgIpc) is 2.53. The Labute approximate surface area is 131 Å². The van der Waals surface area contributed by atoms with E-state index in [1.807, 2.05) is 18.2 Å². The highest BCUT2D eigenvalue weighted by Gasteiger charge is 2.12. The standard InChI is InChI=1S/C16H15BrO4/c1-19-15-8-7-11(9-16(15)20-2)13(18)10-21-14-6-4-3-5-12(14)17/h3-9H,10H2,1-2H3. The van der Waals surface area contributed by atoms with Crippen molar-refractivity contribution < 1.29 is 19.0 Å². The summed E-state index contributed by atoms with van der Waals surface area (Å²) < 4.78 is 16.7. The molecule has 0 fully saturated rings. The fourth-order valence-electron chi connectivity index (χ4n) is 1.80. The average molecular weight is 351 g/mol. The van der Waals surface area contributed by atoms with Gasteiger partial charge in [-0.3, -0.25) is 4.79 Å².